The zero-order valence-corrected chi connectivity index (χ0v) is 11.3. The molecule has 0 aliphatic heterocycles. The highest BCUT2D eigenvalue weighted by molar-refractivity contribution is 7.26. The van der Waals surface area contributed by atoms with E-state index in [2.05, 4.69) is 48.4 Å². The van der Waals surface area contributed by atoms with Gasteiger partial charge in [0.1, 0.15) is 0 Å². The normalized spacial score (nSPS) is 11.4. The van der Waals surface area contributed by atoms with Gasteiger partial charge in [0.15, 0.2) is 0 Å². The van der Waals surface area contributed by atoms with Gasteiger partial charge in [0.2, 0.25) is 0 Å². The summed E-state index contributed by atoms with van der Waals surface area (Å²) in [6, 6.07) is 14.9. The van der Waals surface area contributed by atoms with Crippen LogP contribution in [0.3, 0.4) is 0 Å². The molecule has 0 spiro atoms. The van der Waals surface area contributed by atoms with Gasteiger partial charge in [0.05, 0.1) is 10.4 Å². The predicted molar refractivity (Wildman–Crippen MR) is 81.2 cm³/mol. The number of aryl methyl sites for hydroxylation is 1. The molecule has 2 nitrogen and oxygen atoms in total. The van der Waals surface area contributed by atoms with Crippen molar-refractivity contribution < 1.29 is 0 Å². The van der Waals surface area contributed by atoms with E-state index in [9.17, 15) is 0 Å². The second-order valence-corrected chi connectivity index (χ2v) is 5.71. The number of benzene rings is 2. The molecule has 0 atom stereocenters. The van der Waals surface area contributed by atoms with Gasteiger partial charge in [-0.25, -0.2) is 4.68 Å². The number of aromatic nitrogens is 2. The van der Waals surface area contributed by atoms with Crippen LogP contribution in [0.25, 0.3) is 25.9 Å². The molecule has 19 heavy (non-hydrogen) atoms. The van der Waals surface area contributed by atoms with Crippen LogP contribution in [0, 0.1) is 6.92 Å². The Hall–Kier alpha value is -2.13. The highest BCUT2D eigenvalue weighted by Crippen LogP contribution is 2.38. The lowest BCUT2D eigenvalue weighted by atomic mass is 10.1. The van der Waals surface area contributed by atoms with Crippen LogP contribution in [-0.2, 0) is 0 Å². The minimum absolute atomic E-state index is 1.20. The van der Waals surface area contributed by atoms with Gasteiger partial charge in [0, 0.05) is 27.9 Å². The summed E-state index contributed by atoms with van der Waals surface area (Å²) >= 11 is 1.84. The number of fused-ring (bicyclic) bond motifs is 3. The second kappa shape index (κ2) is 3.93. The summed E-state index contributed by atoms with van der Waals surface area (Å²) < 4.78 is 4.61. The van der Waals surface area contributed by atoms with E-state index in [1.165, 1.54) is 31.4 Å². The molecule has 2 aromatic carbocycles. The van der Waals surface area contributed by atoms with E-state index >= 15 is 0 Å². The molecule has 0 aliphatic rings. The zero-order chi connectivity index (χ0) is 12.8. The minimum atomic E-state index is 1.20. The second-order valence-electron chi connectivity index (χ2n) is 4.66. The standard InChI is InChI=1S/C16H12N2S/c1-11-7-8-13-12-5-2-3-6-14(12)19-16(13)15(11)18-10-4-9-17-18/h2-10H,1H3. The fraction of sp³-hybridized carbons (Fsp3) is 0.0625. The van der Waals surface area contributed by atoms with Gasteiger partial charge in [-0.3, -0.25) is 0 Å². The smallest absolute Gasteiger partial charge is 0.0853 e. The minimum Gasteiger partial charge on any atom is -0.239 e. The van der Waals surface area contributed by atoms with Gasteiger partial charge in [-0.05, 0) is 24.6 Å². The third-order valence-corrected chi connectivity index (χ3v) is 4.65. The number of hydrogen-bond acceptors (Lipinski definition) is 2. The maximum atomic E-state index is 4.39. The van der Waals surface area contributed by atoms with Crippen molar-refractivity contribution in [2.75, 3.05) is 0 Å². The molecule has 0 fully saturated rings. The van der Waals surface area contributed by atoms with E-state index < -0.39 is 0 Å². The average Bonchev–Trinajstić information content (AvgIpc) is 3.05. The summed E-state index contributed by atoms with van der Waals surface area (Å²) in [5, 5.41) is 7.04. The van der Waals surface area contributed by atoms with Crippen molar-refractivity contribution in [3.63, 3.8) is 0 Å². The van der Waals surface area contributed by atoms with Crippen LogP contribution in [-0.4, -0.2) is 9.78 Å². The Balaban J connectivity index is 2.20. The van der Waals surface area contributed by atoms with E-state index in [1.807, 2.05) is 34.5 Å². The fourth-order valence-electron chi connectivity index (χ4n) is 2.56. The molecule has 0 aliphatic carbocycles. The largest absolute Gasteiger partial charge is 0.239 e. The van der Waals surface area contributed by atoms with Crippen molar-refractivity contribution in [3.8, 4) is 5.69 Å². The van der Waals surface area contributed by atoms with Crippen LogP contribution in [0.5, 0.6) is 0 Å². The van der Waals surface area contributed by atoms with Crippen molar-refractivity contribution in [3.05, 3.63) is 60.4 Å². The fourth-order valence-corrected chi connectivity index (χ4v) is 3.85. The van der Waals surface area contributed by atoms with Crippen LogP contribution in [0.15, 0.2) is 54.9 Å². The quantitative estimate of drug-likeness (QED) is 0.493. The molecule has 0 amide bonds. The first kappa shape index (κ1) is 10.8. The molecule has 2 heterocycles. The average molecular weight is 264 g/mol. The van der Waals surface area contributed by atoms with Crippen LogP contribution in [0.1, 0.15) is 5.56 Å². The Morgan fingerprint density at radius 2 is 1.89 bits per heavy atom. The molecule has 4 aromatic rings. The third kappa shape index (κ3) is 1.52. The summed E-state index contributed by atoms with van der Waals surface area (Å²) in [5.41, 5.74) is 2.45. The maximum absolute atomic E-state index is 4.39. The van der Waals surface area contributed by atoms with Crippen molar-refractivity contribution in [2.24, 2.45) is 0 Å². The van der Waals surface area contributed by atoms with Crippen molar-refractivity contribution in [1.29, 1.82) is 0 Å². The van der Waals surface area contributed by atoms with Gasteiger partial charge in [-0.15, -0.1) is 11.3 Å². The van der Waals surface area contributed by atoms with Crippen molar-refractivity contribution >= 4 is 31.5 Å². The highest BCUT2D eigenvalue weighted by Gasteiger charge is 2.12. The lowest BCUT2D eigenvalue weighted by Crippen LogP contribution is -1.97. The Bertz CT molecular complexity index is 872. The van der Waals surface area contributed by atoms with Crippen molar-refractivity contribution in [1.82, 2.24) is 9.78 Å². The SMILES string of the molecule is Cc1ccc2c(sc3ccccc32)c1-n1cccn1. The van der Waals surface area contributed by atoms with Gasteiger partial charge >= 0.3 is 0 Å². The number of hydrogen-bond donors (Lipinski definition) is 0. The third-order valence-electron chi connectivity index (χ3n) is 3.46. The summed E-state index contributed by atoms with van der Waals surface area (Å²) in [7, 11) is 0. The van der Waals surface area contributed by atoms with E-state index in [1.54, 1.807) is 0 Å². The topological polar surface area (TPSA) is 17.8 Å². The lowest BCUT2D eigenvalue weighted by molar-refractivity contribution is 0.882. The van der Waals surface area contributed by atoms with E-state index in [0.717, 1.165) is 0 Å². The molecule has 92 valence electrons. The number of nitrogens with zero attached hydrogens (tertiary/aromatic N) is 2. The first-order valence-electron chi connectivity index (χ1n) is 6.25. The molecule has 0 bridgehead atoms. The zero-order valence-electron chi connectivity index (χ0n) is 10.5. The lowest BCUT2D eigenvalue weighted by Gasteiger charge is -2.07. The molecular formula is C16H12N2S. The molecule has 0 radical (unpaired) electrons. The first-order chi connectivity index (χ1) is 9.34. The van der Waals surface area contributed by atoms with E-state index in [-0.39, 0.29) is 0 Å². The van der Waals surface area contributed by atoms with Gasteiger partial charge in [0.25, 0.3) is 0 Å². The summed E-state index contributed by atoms with van der Waals surface area (Å²) in [6.07, 6.45) is 3.83. The number of thiophene rings is 1. The van der Waals surface area contributed by atoms with Gasteiger partial charge < -0.3 is 0 Å². The molecular weight excluding hydrogens is 252 g/mol. The highest BCUT2D eigenvalue weighted by atomic mass is 32.1. The summed E-state index contributed by atoms with van der Waals surface area (Å²) in [5.74, 6) is 0. The summed E-state index contributed by atoms with van der Waals surface area (Å²) in [4.78, 5) is 0. The van der Waals surface area contributed by atoms with Gasteiger partial charge in [-0.1, -0.05) is 30.3 Å². The molecule has 0 saturated carbocycles. The molecule has 0 saturated heterocycles. The van der Waals surface area contributed by atoms with Crippen LogP contribution in [0.4, 0.5) is 0 Å². The first-order valence-corrected chi connectivity index (χ1v) is 7.07. The molecule has 0 unspecified atom stereocenters. The molecule has 2 aromatic heterocycles. The Morgan fingerprint density at radius 3 is 2.74 bits per heavy atom. The molecule has 3 heteroatoms. The summed E-state index contributed by atoms with van der Waals surface area (Å²) in [6.45, 7) is 2.14. The Morgan fingerprint density at radius 1 is 1.00 bits per heavy atom. The van der Waals surface area contributed by atoms with E-state index in [0.29, 0.717) is 0 Å². The van der Waals surface area contributed by atoms with E-state index in [4.69, 9.17) is 0 Å². The van der Waals surface area contributed by atoms with Gasteiger partial charge in [-0.2, -0.15) is 5.10 Å². The van der Waals surface area contributed by atoms with Crippen LogP contribution < -0.4 is 0 Å². The monoisotopic (exact) mass is 264 g/mol. The van der Waals surface area contributed by atoms with Crippen molar-refractivity contribution in [2.45, 2.75) is 6.92 Å². The Kier molecular flexibility index (Phi) is 2.23. The van der Waals surface area contributed by atoms with Crippen LogP contribution >= 0.6 is 11.3 Å². The molecule has 4 rings (SSSR count). The number of rotatable bonds is 1. The predicted octanol–water partition coefficient (Wildman–Crippen LogP) is 4.55. The Labute approximate surface area is 114 Å². The maximum Gasteiger partial charge on any atom is 0.0853 e. The van der Waals surface area contributed by atoms with Crippen LogP contribution in [0.2, 0.25) is 0 Å². The molecule has 0 N–H and O–H groups in total.